The second-order valence-electron chi connectivity index (χ2n) is 8.51. The predicted molar refractivity (Wildman–Crippen MR) is 125 cm³/mol. The average molecular weight is 443 g/mol. The van der Waals surface area contributed by atoms with Crippen LogP contribution in [-0.4, -0.2) is 43.5 Å². The zero-order chi connectivity index (χ0) is 22.1. The molecule has 0 aromatic heterocycles. The molecule has 1 heterocycles. The van der Waals surface area contributed by atoms with Crippen LogP contribution in [0.25, 0.3) is 0 Å². The van der Waals surface area contributed by atoms with E-state index < -0.39 is 10.0 Å². The summed E-state index contributed by atoms with van der Waals surface area (Å²) in [5, 5.41) is 3.12. The molecule has 31 heavy (non-hydrogen) atoms. The van der Waals surface area contributed by atoms with E-state index in [9.17, 15) is 13.2 Å². The first kappa shape index (κ1) is 23.5. The lowest BCUT2D eigenvalue weighted by molar-refractivity contribution is -0.126. The molecule has 5 nitrogen and oxygen atoms in total. The molecule has 1 aliphatic rings. The molecule has 1 aliphatic heterocycles. The summed E-state index contributed by atoms with van der Waals surface area (Å²) < 4.78 is 26.9. The number of amides is 1. The number of benzene rings is 2. The van der Waals surface area contributed by atoms with Crippen molar-refractivity contribution in [3.63, 3.8) is 0 Å². The number of nitrogens with zero attached hydrogens (tertiary/aromatic N) is 1. The Balaban J connectivity index is 1.38. The molecule has 0 radical (unpaired) electrons. The number of carbonyl (C=O) groups is 1. The molecule has 3 rings (SSSR count). The number of hydrogen-bond donors (Lipinski definition) is 1. The first-order valence-electron chi connectivity index (χ1n) is 11.3. The van der Waals surface area contributed by atoms with Crippen molar-refractivity contribution < 1.29 is 13.2 Å². The van der Waals surface area contributed by atoms with Gasteiger partial charge in [0.2, 0.25) is 15.9 Å². The van der Waals surface area contributed by atoms with Crippen molar-refractivity contribution in [1.29, 1.82) is 0 Å². The fraction of sp³-hybridized carbons (Fsp3) is 0.480. The Bertz CT molecular complexity index is 908. The summed E-state index contributed by atoms with van der Waals surface area (Å²) in [5.41, 5.74) is 2.43. The topological polar surface area (TPSA) is 66.5 Å². The SMILES string of the molecule is C[C@H](CCc1ccccc1)NC(=O)C1CCN(S(=O)(=O)CCCc2ccccc2)CC1. The summed E-state index contributed by atoms with van der Waals surface area (Å²) in [7, 11) is -3.26. The average Bonchev–Trinajstić information content (AvgIpc) is 2.79. The number of rotatable bonds is 10. The van der Waals surface area contributed by atoms with Crippen molar-refractivity contribution in [2.45, 2.75) is 51.5 Å². The summed E-state index contributed by atoms with van der Waals surface area (Å²) in [5.74, 6) is 0.117. The Hall–Kier alpha value is -2.18. The van der Waals surface area contributed by atoms with Crippen LogP contribution in [-0.2, 0) is 27.7 Å². The maximum Gasteiger partial charge on any atom is 0.223 e. The maximum absolute atomic E-state index is 12.7. The van der Waals surface area contributed by atoms with Crippen molar-refractivity contribution >= 4 is 15.9 Å². The lowest BCUT2D eigenvalue weighted by Crippen LogP contribution is -2.45. The minimum atomic E-state index is -3.26. The molecule has 1 saturated heterocycles. The molecule has 2 aromatic rings. The molecular weight excluding hydrogens is 408 g/mol. The molecule has 1 N–H and O–H groups in total. The highest BCUT2D eigenvalue weighted by atomic mass is 32.2. The summed E-state index contributed by atoms with van der Waals surface area (Å²) in [6.45, 7) is 2.90. The summed E-state index contributed by atoms with van der Waals surface area (Å²) in [6.07, 6.45) is 4.39. The predicted octanol–water partition coefficient (Wildman–Crippen LogP) is 3.80. The Morgan fingerprint density at radius 1 is 0.968 bits per heavy atom. The lowest BCUT2D eigenvalue weighted by atomic mass is 9.96. The second-order valence-corrected chi connectivity index (χ2v) is 10.6. The smallest absolute Gasteiger partial charge is 0.223 e. The zero-order valence-corrected chi connectivity index (χ0v) is 19.2. The molecule has 0 aliphatic carbocycles. The Morgan fingerprint density at radius 3 is 2.10 bits per heavy atom. The lowest BCUT2D eigenvalue weighted by Gasteiger charge is -2.31. The number of sulfonamides is 1. The first-order valence-corrected chi connectivity index (χ1v) is 12.9. The van der Waals surface area contributed by atoms with Crippen LogP contribution in [0.15, 0.2) is 60.7 Å². The Kier molecular flexibility index (Phi) is 8.67. The molecule has 1 amide bonds. The van der Waals surface area contributed by atoms with Gasteiger partial charge in [-0.15, -0.1) is 0 Å². The van der Waals surface area contributed by atoms with Gasteiger partial charge in [0.1, 0.15) is 0 Å². The first-order chi connectivity index (χ1) is 14.9. The molecule has 0 saturated carbocycles. The minimum absolute atomic E-state index is 0.0571. The van der Waals surface area contributed by atoms with E-state index in [-0.39, 0.29) is 23.6 Å². The van der Waals surface area contributed by atoms with E-state index in [0.717, 1.165) is 24.8 Å². The number of piperidine rings is 1. The van der Waals surface area contributed by atoms with Gasteiger partial charge in [-0.2, -0.15) is 0 Å². The van der Waals surface area contributed by atoms with Gasteiger partial charge in [-0.1, -0.05) is 60.7 Å². The van der Waals surface area contributed by atoms with Crippen molar-refractivity contribution in [1.82, 2.24) is 9.62 Å². The molecule has 6 heteroatoms. The van der Waals surface area contributed by atoms with Gasteiger partial charge in [0, 0.05) is 25.0 Å². The van der Waals surface area contributed by atoms with E-state index in [1.165, 1.54) is 5.56 Å². The normalized spacial score (nSPS) is 16.7. The van der Waals surface area contributed by atoms with E-state index in [0.29, 0.717) is 32.4 Å². The van der Waals surface area contributed by atoms with Crippen LogP contribution in [0.4, 0.5) is 0 Å². The number of hydrogen-bond acceptors (Lipinski definition) is 3. The van der Waals surface area contributed by atoms with Crippen molar-refractivity contribution in [3.05, 3.63) is 71.8 Å². The molecule has 0 unspecified atom stereocenters. The van der Waals surface area contributed by atoms with Crippen molar-refractivity contribution in [3.8, 4) is 0 Å². The van der Waals surface area contributed by atoms with E-state index >= 15 is 0 Å². The Labute approximate surface area is 186 Å². The van der Waals surface area contributed by atoms with Crippen LogP contribution < -0.4 is 5.32 Å². The van der Waals surface area contributed by atoms with E-state index in [1.807, 2.05) is 55.5 Å². The van der Waals surface area contributed by atoms with Crippen LogP contribution in [0.2, 0.25) is 0 Å². The van der Waals surface area contributed by atoms with Crippen molar-refractivity contribution in [2.24, 2.45) is 5.92 Å². The third-order valence-corrected chi connectivity index (χ3v) is 7.98. The molecule has 168 valence electrons. The van der Waals surface area contributed by atoms with Crippen LogP contribution in [0.3, 0.4) is 0 Å². The molecule has 2 aromatic carbocycles. The van der Waals surface area contributed by atoms with Crippen LogP contribution in [0.1, 0.15) is 43.7 Å². The number of aryl methyl sites for hydroxylation is 2. The van der Waals surface area contributed by atoms with Gasteiger partial charge in [-0.05, 0) is 56.6 Å². The van der Waals surface area contributed by atoms with E-state index in [2.05, 4.69) is 17.4 Å². The van der Waals surface area contributed by atoms with Gasteiger partial charge in [0.05, 0.1) is 5.75 Å². The standard InChI is InChI=1S/C25H34N2O3S/c1-21(14-15-23-11-6-3-7-12-23)26-25(28)24-16-18-27(19-17-24)31(29,30)20-8-13-22-9-4-2-5-10-22/h2-7,9-12,21,24H,8,13-20H2,1H3,(H,26,28)/t21-/m1/s1. The molecule has 1 fully saturated rings. The van der Waals surface area contributed by atoms with E-state index in [4.69, 9.17) is 0 Å². The highest BCUT2D eigenvalue weighted by molar-refractivity contribution is 7.89. The third kappa shape index (κ3) is 7.47. The van der Waals surface area contributed by atoms with Gasteiger partial charge in [-0.25, -0.2) is 12.7 Å². The maximum atomic E-state index is 12.7. The van der Waals surface area contributed by atoms with Crippen molar-refractivity contribution in [2.75, 3.05) is 18.8 Å². The molecule has 0 bridgehead atoms. The third-order valence-electron chi connectivity index (χ3n) is 6.03. The van der Waals surface area contributed by atoms with Gasteiger partial charge in [0.15, 0.2) is 0 Å². The summed E-state index contributed by atoms with van der Waals surface area (Å²) in [6, 6.07) is 20.3. The van der Waals surface area contributed by atoms with Crippen LogP contribution in [0.5, 0.6) is 0 Å². The van der Waals surface area contributed by atoms with Gasteiger partial charge >= 0.3 is 0 Å². The van der Waals surface area contributed by atoms with E-state index in [1.54, 1.807) is 4.31 Å². The highest BCUT2D eigenvalue weighted by Gasteiger charge is 2.31. The fourth-order valence-electron chi connectivity index (χ4n) is 4.09. The monoisotopic (exact) mass is 442 g/mol. The summed E-state index contributed by atoms with van der Waals surface area (Å²) >= 11 is 0. The molecule has 0 spiro atoms. The Morgan fingerprint density at radius 2 is 1.52 bits per heavy atom. The summed E-state index contributed by atoms with van der Waals surface area (Å²) in [4.78, 5) is 12.6. The van der Waals surface area contributed by atoms with Gasteiger partial charge in [0.25, 0.3) is 0 Å². The van der Waals surface area contributed by atoms with Gasteiger partial charge in [-0.3, -0.25) is 4.79 Å². The fourth-order valence-corrected chi connectivity index (χ4v) is 5.62. The number of nitrogens with one attached hydrogen (secondary N) is 1. The highest BCUT2D eigenvalue weighted by Crippen LogP contribution is 2.21. The quantitative estimate of drug-likeness (QED) is 0.609. The van der Waals surface area contributed by atoms with Crippen LogP contribution >= 0.6 is 0 Å². The largest absolute Gasteiger partial charge is 0.353 e. The van der Waals surface area contributed by atoms with Gasteiger partial charge < -0.3 is 5.32 Å². The molecular formula is C25H34N2O3S. The number of carbonyl (C=O) groups excluding carboxylic acids is 1. The molecule has 1 atom stereocenters. The second kappa shape index (κ2) is 11.4. The van der Waals surface area contributed by atoms with Crippen LogP contribution in [0, 0.1) is 5.92 Å². The minimum Gasteiger partial charge on any atom is -0.353 e. The zero-order valence-electron chi connectivity index (χ0n) is 18.4.